The van der Waals surface area contributed by atoms with E-state index >= 15 is 0 Å². The summed E-state index contributed by atoms with van der Waals surface area (Å²) in [5.41, 5.74) is 2.36. The minimum Gasteiger partial charge on any atom is -0.427 e. The summed E-state index contributed by atoms with van der Waals surface area (Å²) >= 11 is 0. The summed E-state index contributed by atoms with van der Waals surface area (Å²) in [6.45, 7) is 2.14. The molecule has 0 radical (unpaired) electrons. The number of ether oxygens (including phenoxy) is 2. The molecule has 0 aromatic rings. The number of rotatable bonds is 5. The molecule has 7 aliphatic rings. The lowest BCUT2D eigenvalue weighted by Gasteiger charge is -2.54. The van der Waals surface area contributed by atoms with Gasteiger partial charge in [-0.3, -0.25) is 0 Å². The predicted octanol–water partition coefficient (Wildman–Crippen LogP) is 6.69. The zero-order valence-electron chi connectivity index (χ0n) is 19.9. The standard InChI is InChI=1S/C29H36O4/c1-2-3-12-24-29-16-15-19(17-22(29)27(30)33-24)20-13-14-21-23(32-28(31)25(21)26(20)29)11-7-10-18-8-5-4-6-9-18/h11-12,17-20,26H,2-10,13-16H2,1H3. The lowest BCUT2D eigenvalue weighted by Crippen LogP contribution is -2.50. The van der Waals surface area contributed by atoms with Gasteiger partial charge in [-0.25, -0.2) is 9.59 Å². The molecule has 1 spiro atoms. The first-order valence-electron chi connectivity index (χ1n) is 13.4. The van der Waals surface area contributed by atoms with E-state index in [1.807, 2.05) is 0 Å². The Morgan fingerprint density at radius 3 is 2.67 bits per heavy atom. The number of allylic oxidation sites excluding steroid dienone is 5. The highest BCUT2D eigenvalue weighted by atomic mass is 16.5. The van der Waals surface area contributed by atoms with Crippen molar-refractivity contribution >= 4 is 11.9 Å². The zero-order valence-corrected chi connectivity index (χ0v) is 19.9. The van der Waals surface area contributed by atoms with Gasteiger partial charge >= 0.3 is 11.9 Å². The summed E-state index contributed by atoms with van der Waals surface area (Å²) < 4.78 is 11.8. The molecule has 4 unspecified atom stereocenters. The van der Waals surface area contributed by atoms with Crippen molar-refractivity contribution in [3.05, 3.63) is 46.5 Å². The number of carbonyl (C=O) groups excluding carboxylic acids is 2. The van der Waals surface area contributed by atoms with Gasteiger partial charge in [-0.1, -0.05) is 51.5 Å². The normalized spacial score (nSPS) is 37.7. The Morgan fingerprint density at radius 1 is 1.00 bits per heavy atom. The summed E-state index contributed by atoms with van der Waals surface area (Å²) in [5, 5.41) is 0. The third-order valence-corrected chi connectivity index (χ3v) is 9.44. The van der Waals surface area contributed by atoms with Gasteiger partial charge in [0.15, 0.2) is 0 Å². The highest BCUT2D eigenvalue weighted by molar-refractivity contribution is 5.99. The van der Waals surface area contributed by atoms with E-state index in [2.05, 4.69) is 25.2 Å². The molecular weight excluding hydrogens is 412 g/mol. The SMILES string of the molecule is CCCC=C1OC(=O)C2=CC3CCC12C1C2=C(CCC31)C(=CCCC1CCCCC1)OC2=O. The first-order chi connectivity index (χ1) is 16.1. The van der Waals surface area contributed by atoms with Gasteiger partial charge in [-0.2, -0.15) is 0 Å². The largest absolute Gasteiger partial charge is 0.427 e. The van der Waals surface area contributed by atoms with Crippen molar-refractivity contribution in [3.63, 3.8) is 0 Å². The van der Waals surface area contributed by atoms with Crippen LogP contribution in [-0.4, -0.2) is 11.9 Å². The Labute approximate surface area is 197 Å². The van der Waals surface area contributed by atoms with E-state index in [0.717, 1.165) is 79.1 Å². The van der Waals surface area contributed by atoms with Crippen LogP contribution in [-0.2, 0) is 19.1 Å². The molecule has 2 bridgehead atoms. The van der Waals surface area contributed by atoms with Gasteiger partial charge in [0.25, 0.3) is 0 Å². The Kier molecular flexibility index (Phi) is 5.38. The molecule has 0 amide bonds. The highest BCUT2D eigenvalue weighted by Gasteiger charge is 2.66. The van der Waals surface area contributed by atoms with Gasteiger partial charge in [0.1, 0.15) is 11.5 Å². The minimum absolute atomic E-state index is 0.0197. The van der Waals surface area contributed by atoms with Crippen LogP contribution in [0.25, 0.3) is 0 Å². The Bertz CT molecular complexity index is 989. The van der Waals surface area contributed by atoms with E-state index in [1.165, 1.54) is 38.5 Å². The Balaban J connectivity index is 1.35. The summed E-state index contributed by atoms with van der Waals surface area (Å²) in [6, 6.07) is 0. The van der Waals surface area contributed by atoms with Crippen LogP contribution in [0.5, 0.6) is 0 Å². The number of cyclic esters (lactones) is 2. The van der Waals surface area contributed by atoms with Crippen molar-refractivity contribution in [1.29, 1.82) is 0 Å². The highest BCUT2D eigenvalue weighted by Crippen LogP contribution is 2.68. The average Bonchev–Trinajstić information content (AvgIpc) is 3.32. The van der Waals surface area contributed by atoms with Crippen LogP contribution in [0.3, 0.4) is 0 Å². The fraction of sp³-hybridized carbons (Fsp3) is 0.655. The topological polar surface area (TPSA) is 52.6 Å². The van der Waals surface area contributed by atoms with Crippen molar-refractivity contribution in [3.8, 4) is 0 Å². The van der Waals surface area contributed by atoms with Gasteiger partial charge in [-0.05, 0) is 74.9 Å². The lowest BCUT2D eigenvalue weighted by molar-refractivity contribution is -0.135. The first kappa shape index (κ1) is 21.4. The van der Waals surface area contributed by atoms with Crippen molar-refractivity contribution in [1.82, 2.24) is 0 Å². The number of hydrogen-bond acceptors (Lipinski definition) is 4. The molecule has 2 saturated carbocycles. The van der Waals surface area contributed by atoms with E-state index in [0.29, 0.717) is 11.8 Å². The quantitative estimate of drug-likeness (QED) is 0.440. The number of fused-ring (bicyclic) bond motifs is 1. The molecule has 3 fully saturated rings. The molecule has 4 nitrogen and oxygen atoms in total. The van der Waals surface area contributed by atoms with Crippen LogP contribution in [0.1, 0.15) is 90.4 Å². The molecule has 2 heterocycles. The van der Waals surface area contributed by atoms with E-state index in [4.69, 9.17) is 9.47 Å². The van der Waals surface area contributed by atoms with Crippen molar-refractivity contribution in [2.75, 3.05) is 0 Å². The minimum atomic E-state index is -0.455. The third-order valence-electron chi connectivity index (χ3n) is 9.44. The van der Waals surface area contributed by atoms with Crippen LogP contribution in [0, 0.1) is 29.1 Å². The molecule has 4 heteroatoms. The van der Waals surface area contributed by atoms with E-state index < -0.39 is 5.41 Å². The molecule has 7 rings (SSSR count). The summed E-state index contributed by atoms with van der Waals surface area (Å²) in [4.78, 5) is 26.2. The third kappa shape index (κ3) is 3.23. The van der Waals surface area contributed by atoms with Crippen molar-refractivity contribution in [2.45, 2.75) is 90.4 Å². The van der Waals surface area contributed by atoms with Crippen molar-refractivity contribution < 1.29 is 19.1 Å². The molecule has 1 saturated heterocycles. The fourth-order valence-electron chi connectivity index (χ4n) is 7.94. The molecular formula is C29H36O4. The molecule has 5 aliphatic carbocycles. The second-order valence-corrected chi connectivity index (χ2v) is 11.1. The van der Waals surface area contributed by atoms with Gasteiger partial charge in [0.05, 0.1) is 5.41 Å². The fourth-order valence-corrected chi connectivity index (χ4v) is 7.94. The Morgan fingerprint density at radius 2 is 1.85 bits per heavy atom. The van der Waals surface area contributed by atoms with Crippen LogP contribution < -0.4 is 0 Å². The molecule has 176 valence electrons. The molecule has 2 aliphatic heterocycles. The van der Waals surface area contributed by atoms with E-state index in [-0.39, 0.29) is 17.9 Å². The number of hydrogen-bond donors (Lipinski definition) is 0. The summed E-state index contributed by atoms with van der Waals surface area (Å²) in [6.07, 6.45) is 21.3. The summed E-state index contributed by atoms with van der Waals surface area (Å²) in [7, 11) is 0. The number of esters is 2. The maximum absolute atomic E-state index is 13.3. The second kappa shape index (κ2) is 8.29. The van der Waals surface area contributed by atoms with Gasteiger partial charge in [0, 0.05) is 22.6 Å². The number of carbonyl (C=O) groups is 2. The second-order valence-electron chi connectivity index (χ2n) is 11.1. The van der Waals surface area contributed by atoms with Crippen LogP contribution in [0.2, 0.25) is 0 Å². The lowest BCUT2D eigenvalue weighted by atomic mass is 9.47. The summed E-state index contributed by atoms with van der Waals surface area (Å²) in [5.74, 6) is 2.88. The van der Waals surface area contributed by atoms with Crippen LogP contribution in [0.4, 0.5) is 0 Å². The molecule has 0 N–H and O–H groups in total. The van der Waals surface area contributed by atoms with Crippen LogP contribution in [0.15, 0.2) is 46.5 Å². The first-order valence-corrected chi connectivity index (χ1v) is 13.4. The maximum atomic E-state index is 13.3. The van der Waals surface area contributed by atoms with E-state index in [9.17, 15) is 9.59 Å². The maximum Gasteiger partial charge on any atom is 0.340 e. The molecule has 0 aromatic heterocycles. The van der Waals surface area contributed by atoms with E-state index in [1.54, 1.807) is 0 Å². The van der Waals surface area contributed by atoms with Gasteiger partial charge < -0.3 is 9.47 Å². The average molecular weight is 449 g/mol. The predicted molar refractivity (Wildman–Crippen MR) is 126 cm³/mol. The molecule has 0 aromatic carbocycles. The molecule has 33 heavy (non-hydrogen) atoms. The van der Waals surface area contributed by atoms with Crippen LogP contribution >= 0.6 is 0 Å². The van der Waals surface area contributed by atoms with Gasteiger partial charge in [0.2, 0.25) is 0 Å². The Hall–Kier alpha value is -2.10. The van der Waals surface area contributed by atoms with Gasteiger partial charge in [-0.15, -0.1) is 0 Å². The van der Waals surface area contributed by atoms with Crippen molar-refractivity contribution in [2.24, 2.45) is 29.1 Å². The zero-order chi connectivity index (χ0) is 22.6. The number of unbranched alkanes of at least 4 members (excludes halogenated alkanes) is 1. The smallest absolute Gasteiger partial charge is 0.340 e. The monoisotopic (exact) mass is 448 g/mol. The molecule has 4 atom stereocenters.